The molecular formula is C18H25FN4O2S. The number of sulfone groups is 1. The number of H-pyrrole nitrogens is 1. The number of fused-ring (bicyclic) bond motifs is 1. The van der Waals surface area contributed by atoms with E-state index in [1.165, 1.54) is 12.1 Å². The summed E-state index contributed by atoms with van der Waals surface area (Å²) in [6.07, 6.45) is 3.37. The number of hydrogen-bond donors (Lipinski definition) is 3. The first-order chi connectivity index (χ1) is 12.5. The van der Waals surface area contributed by atoms with E-state index in [4.69, 9.17) is 0 Å². The number of hydrogen-bond acceptors (Lipinski definition) is 3. The van der Waals surface area contributed by atoms with Crippen molar-refractivity contribution in [3.05, 3.63) is 35.8 Å². The van der Waals surface area contributed by atoms with Crippen molar-refractivity contribution < 1.29 is 12.8 Å². The summed E-state index contributed by atoms with van der Waals surface area (Å²) in [7, 11) is -2.87. The highest BCUT2D eigenvalue weighted by Crippen LogP contribution is 2.20. The Labute approximate surface area is 153 Å². The van der Waals surface area contributed by atoms with Crippen molar-refractivity contribution in [2.24, 2.45) is 10.9 Å². The minimum atomic E-state index is -2.87. The molecule has 1 aromatic heterocycles. The van der Waals surface area contributed by atoms with E-state index in [2.05, 4.69) is 20.6 Å². The van der Waals surface area contributed by atoms with Gasteiger partial charge < -0.3 is 15.6 Å². The normalized spacial score (nSPS) is 19.8. The lowest BCUT2D eigenvalue weighted by atomic mass is 10.1. The van der Waals surface area contributed by atoms with Crippen LogP contribution in [0.25, 0.3) is 10.9 Å². The van der Waals surface area contributed by atoms with Crippen LogP contribution in [0.4, 0.5) is 4.39 Å². The molecule has 2 aromatic rings. The Morgan fingerprint density at radius 3 is 2.96 bits per heavy atom. The van der Waals surface area contributed by atoms with E-state index in [1.54, 1.807) is 6.07 Å². The lowest BCUT2D eigenvalue weighted by Gasteiger charge is -2.12. The Balaban J connectivity index is 1.55. The molecule has 0 bridgehead atoms. The standard InChI is InChI=1S/C18H25FN4O2S/c1-2-20-18(23-10-13-6-8-26(24,25)12-13)21-7-5-14-11-22-17-9-15(19)3-4-16(14)17/h3-4,9,11,13,22H,2,5-8,10,12H2,1H3,(H2,20,21,23). The minimum Gasteiger partial charge on any atom is -0.361 e. The highest BCUT2D eigenvalue weighted by atomic mass is 32.2. The van der Waals surface area contributed by atoms with Crippen molar-refractivity contribution in [2.45, 2.75) is 19.8 Å². The molecule has 142 valence electrons. The Hall–Kier alpha value is -2.09. The molecule has 8 heteroatoms. The van der Waals surface area contributed by atoms with Gasteiger partial charge in [0.2, 0.25) is 0 Å². The molecule has 1 aromatic carbocycles. The lowest BCUT2D eigenvalue weighted by molar-refractivity contribution is 0.589. The molecule has 0 aliphatic carbocycles. The number of aromatic nitrogens is 1. The Kier molecular flexibility index (Phi) is 5.80. The second kappa shape index (κ2) is 8.07. The van der Waals surface area contributed by atoms with Gasteiger partial charge >= 0.3 is 0 Å². The first-order valence-electron chi connectivity index (χ1n) is 8.95. The zero-order valence-corrected chi connectivity index (χ0v) is 15.7. The van der Waals surface area contributed by atoms with Crippen LogP contribution in [0.5, 0.6) is 0 Å². The predicted octanol–water partition coefficient (Wildman–Crippen LogP) is 1.84. The fraction of sp³-hybridized carbons (Fsp3) is 0.500. The molecule has 0 saturated carbocycles. The van der Waals surface area contributed by atoms with Gasteiger partial charge in [0.05, 0.1) is 11.5 Å². The molecule has 0 spiro atoms. The topological polar surface area (TPSA) is 86.3 Å². The van der Waals surface area contributed by atoms with Crippen molar-refractivity contribution in [2.75, 3.05) is 31.1 Å². The van der Waals surface area contributed by atoms with Gasteiger partial charge in [-0.25, -0.2) is 12.8 Å². The van der Waals surface area contributed by atoms with Crippen molar-refractivity contribution in [1.82, 2.24) is 15.6 Å². The average Bonchev–Trinajstić information content (AvgIpc) is 3.15. The van der Waals surface area contributed by atoms with Gasteiger partial charge in [-0.2, -0.15) is 0 Å². The van der Waals surface area contributed by atoms with Crippen LogP contribution in [0.1, 0.15) is 18.9 Å². The molecule has 6 nitrogen and oxygen atoms in total. The van der Waals surface area contributed by atoms with Crippen LogP contribution in [-0.2, 0) is 16.3 Å². The molecule has 26 heavy (non-hydrogen) atoms. The zero-order chi connectivity index (χ0) is 18.6. The largest absolute Gasteiger partial charge is 0.361 e. The molecule has 3 rings (SSSR count). The second-order valence-electron chi connectivity index (χ2n) is 6.67. The minimum absolute atomic E-state index is 0.110. The molecule has 1 atom stereocenters. The first kappa shape index (κ1) is 18.7. The summed E-state index contributed by atoms with van der Waals surface area (Å²) in [4.78, 5) is 7.62. The maximum atomic E-state index is 13.3. The number of aromatic amines is 1. The monoisotopic (exact) mass is 380 g/mol. The Morgan fingerprint density at radius 2 is 2.23 bits per heavy atom. The lowest BCUT2D eigenvalue weighted by Crippen LogP contribution is -2.38. The van der Waals surface area contributed by atoms with Gasteiger partial charge in [0.25, 0.3) is 0 Å². The highest BCUT2D eigenvalue weighted by Gasteiger charge is 2.27. The van der Waals surface area contributed by atoms with Gasteiger partial charge in [0.15, 0.2) is 15.8 Å². The summed E-state index contributed by atoms with van der Waals surface area (Å²) in [5.74, 6) is 1.07. The fourth-order valence-electron chi connectivity index (χ4n) is 3.26. The van der Waals surface area contributed by atoms with Crippen LogP contribution >= 0.6 is 0 Å². The van der Waals surface area contributed by atoms with Gasteiger partial charge in [-0.1, -0.05) is 0 Å². The van der Waals surface area contributed by atoms with Crippen molar-refractivity contribution in [3.63, 3.8) is 0 Å². The van der Waals surface area contributed by atoms with E-state index in [1.807, 2.05) is 13.1 Å². The van der Waals surface area contributed by atoms with Crippen LogP contribution < -0.4 is 10.6 Å². The maximum absolute atomic E-state index is 13.3. The van der Waals surface area contributed by atoms with E-state index < -0.39 is 9.84 Å². The van der Waals surface area contributed by atoms with Gasteiger partial charge in [0, 0.05) is 36.7 Å². The zero-order valence-electron chi connectivity index (χ0n) is 14.9. The molecule has 0 amide bonds. The summed E-state index contributed by atoms with van der Waals surface area (Å²) in [6.45, 7) is 3.92. The van der Waals surface area contributed by atoms with E-state index in [0.29, 0.717) is 25.5 Å². The smallest absolute Gasteiger partial charge is 0.191 e. The number of halogens is 1. The average molecular weight is 380 g/mol. The summed E-state index contributed by atoms with van der Waals surface area (Å²) in [5.41, 5.74) is 1.91. The van der Waals surface area contributed by atoms with E-state index in [9.17, 15) is 12.8 Å². The van der Waals surface area contributed by atoms with Gasteiger partial charge in [0.1, 0.15) is 5.82 Å². The van der Waals surface area contributed by atoms with Gasteiger partial charge in [-0.3, -0.25) is 4.99 Å². The molecule has 1 aliphatic heterocycles. The second-order valence-corrected chi connectivity index (χ2v) is 8.90. The summed E-state index contributed by atoms with van der Waals surface area (Å²) in [5, 5.41) is 7.48. The molecule has 0 radical (unpaired) electrons. The highest BCUT2D eigenvalue weighted by molar-refractivity contribution is 7.91. The third-order valence-electron chi connectivity index (χ3n) is 4.59. The van der Waals surface area contributed by atoms with Crippen LogP contribution in [0.2, 0.25) is 0 Å². The molecule has 1 saturated heterocycles. The van der Waals surface area contributed by atoms with Crippen LogP contribution in [0, 0.1) is 11.7 Å². The number of nitrogens with zero attached hydrogens (tertiary/aromatic N) is 1. The number of guanidine groups is 1. The van der Waals surface area contributed by atoms with Crippen molar-refractivity contribution in [3.8, 4) is 0 Å². The summed E-state index contributed by atoms with van der Waals surface area (Å²) in [6, 6.07) is 4.75. The quantitative estimate of drug-likeness (QED) is 0.527. The summed E-state index contributed by atoms with van der Waals surface area (Å²) < 4.78 is 36.3. The van der Waals surface area contributed by atoms with E-state index >= 15 is 0 Å². The van der Waals surface area contributed by atoms with Crippen molar-refractivity contribution >= 4 is 26.7 Å². The number of benzene rings is 1. The number of aliphatic imine (C=N–C) groups is 1. The first-order valence-corrected chi connectivity index (χ1v) is 10.8. The molecule has 1 aliphatic rings. The number of rotatable bonds is 6. The molecule has 1 unspecified atom stereocenters. The molecule has 2 heterocycles. The fourth-order valence-corrected chi connectivity index (χ4v) is 5.11. The SMILES string of the molecule is CCNC(=NCC1CCS(=O)(=O)C1)NCCc1c[nH]c2cc(F)ccc12. The third kappa shape index (κ3) is 4.75. The van der Waals surface area contributed by atoms with E-state index in [0.717, 1.165) is 29.4 Å². The van der Waals surface area contributed by atoms with Gasteiger partial charge in [-0.15, -0.1) is 0 Å². The third-order valence-corrected chi connectivity index (χ3v) is 6.43. The number of nitrogens with one attached hydrogen (secondary N) is 3. The molecule has 3 N–H and O–H groups in total. The Bertz CT molecular complexity index is 892. The molecular weight excluding hydrogens is 355 g/mol. The van der Waals surface area contributed by atoms with Gasteiger partial charge in [-0.05, 0) is 49.4 Å². The van der Waals surface area contributed by atoms with Crippen LogP contribution in [0.15, 0.2) is 29.4 Å². The van der Waals surface area contributed by atoms with Crippen LogP contribution in [-0.4, -0.2) is 50.5 Å². The summed E-state index contributed by atoms with van der Waals surface area (Å²) >= 11 is 0. The predicted molar refractivity (Wildman–Crippen MR) is 103 cm³/mol. The van der Waals surface area contributed by atoms with Crippen molar-refractivity contribution in [1.29, 1.82) is 0 Å². The Morgan fingerprint density at radius 1 is 1.38 bits per heavy atom. The molecule has 1 fully saturated rings. The maximum Gasteiger partial charge on any atom is 0.191 e. The van der Waals surface area contributed by atoms with E-state index in [-0.39, 0.29) is 23.2 Å². The van der Waals surface area contributed by atoms with Crippen LogP contribution in [0.3, 0.4) is 0 Å².